The maximum Gasteiger partial charge on any atom is 0.338 e. The molecule has 1 heterocycles. The number of para-hydroxylation sites is 1. The van der Waals surface area contributed by atoms with Crippen LogP contribution in [0.3, 0.4) is 0 Å². The Hall–Kier alpha value is -3.70. The van der Waals surface area contributed by atoms with Gasteiger partial charge in [-0.1, -0.05) is 60.7 Å². The van der Waals surface area contributed by atoms with Crippen molar-refractivity contribution in [1.82, 2.24) is 9.78 Å². The molecule has 3 aromatic carbocycles. The Kier molecular flexibility index (Phi) is 6.01. The molecule has 150 valence electrons. The fraction of sp³-hybridized carbons (Fsp3) is 0.120. The largest absolute Gasteiger partial charge is 0.457 e. The molecular formula is C25H22N2O3. The van der Waals surface area contributed by atoms with Crippen molar-refractivity contribution in [1.29, 1.82) is 0 Å². The average molecular weight is 398 g/mol. The molecule has 0 fully saturated rings. The first-order valence-electron chi connectivity index (χ1n) is 9.69. The van der Waals surface area contributed by atoms with Crippen molar-refractivity contribution in [2.75, 3.05) is 7.11 Å². The first-order valence-corrected chi connectivity index (χ1v) is 9.69. The maximum atomic E-state index is 12.5. The van der Waals surface area contributed by atoms with Crippen molar-refractivity contribution in [3.8, 4) is 16.9 Å². The van der Waals surface area contributed by atoms with Gasteiger partial charge in [-0.25, -0.2) is 9.48 Å². The summed E-state index contributed by atoms with van der Waals surface area (Å²) in [6.07, 6.45) is 1.91. The summed E-state index contributed by atoms with van der Waals surface area (Å²) in [5, 5.41) is 4.74. The second-order valence-corrected chi connectivity index (χ2v) is 6.86. The van der Waals surface area contributed by atoms with E-state index in [2.05, 4.69) is 0 Å². The predicted octanol–water partition coefficient (Wildman–Crippen LogP) is 5.04. The van der Waals surface area contributed by atoms with Crippen molar-refractivity contribution in [3.63, 3.8) is 0 Å². The zero-order valence-electron chi connectivity index (χ0n) is 16.7. The van der Waals surface area contributed by atoms with E-state index in [-0.39, 0.29) is 12.6 Å². The quantitative estimate of drug-likeness (QED) is 0.409. The highest BCUT2D eigenvalue weighted by atomic mass is 16.5. The molecule has 1 aromatic heterocycles. The van der Waals surface area contributed by atoms with Crippen LogP contribution in [0.15, 0.2) is 91.1 Å². The van der Waals surface area contributed by atoms with E-state index in [0.717, 1.165) is 28.1 Å². The summed E-state index contributed by atoms with van der Waals surface area (Å²) in [4.78, 5) is 12.5. The highest BCUT2D eigenvalue weighted by molar-refractivity contribution is 5.89. The van der Waals surface area contributed by atoms with Gasteiger partial charge in [0.15, 0.2) is 0 Å². The van der Waals surface area contributed by atoms with Crippen LogP contribution in [0.4, 0.5) is 0 Å². The van der Waals surface area contributed by atoms with Gasteiger partial charge in [-0.15, -0.1) is 0 Å². The third-order valence-corrected chi connectivity index (χ3v) is 4.72. The van der Waals surface area contributed by atoms with Crippen molar-refractivity contribution >= 4 is 5.97 Å². The molecule has 5 heteroatoms. The number of hydrogen-bond acceptors (Lipinski definition) is 4. The summed E-state index contributed by atoms with van der Waals surface area (Å²) < 4.78 is 12.5. The molecule has 0 aliphatic heterocycles. The van der Waals surface area contributed by atoms with Gasteiger partial charge in [-0.05, 0) is 29.8 Å². The molecule has 0 bridgehead atoms. The van der Waals surface area contributed by atoms with Gasteiger partial charge < -0.3 is 9.47 Å². The van der Waals surface area contributed by atoms with Gasteiger partial charge >= 0.3 is 5.97 Å². The van der Waals surface area contributed by atoms with Gasteiger partial charge in [0.05, 0.1) is 23.6 Å². The minimum absolute atomic E-state index is 0.135. The van der Waals surface area contributed by atoms with E-state index in [4.69, 9.17) is 14.6 Å². The number of carbonyl (C=O) groups excluding carboxylic acids is 1. The lowest BCUT2D eigenvalue weighted by Gasteiger charge is -2.06. The summed E-state index contributed by atoms with van der Waals surface area (Å²) >= 11 is 0. The van der Waals surface area contributed by atoms with E-state index in [1.54, 1.807) is 19.2 Å². The van der Waals surface area contributed by atoms with Crippen LogP contribution in [0.5, 0.6) is 0 Å². The zero-order valence-corrected chi connectivity index (χ0v) is 16.7. The van der Waals surface area contributed by atoms with Gasteiger partial charge in [-0.2, -0.15) is 5.10 Å². The minimum Gasteiger partial charge on any atom is -0.457 e. The molecule has 4 rings (SSSR count). The second-order valence-electron chi connectivity index (χ2n) is 6.86. The number of benzene rings is 3. The monoisotopic (exact) mass is 398 g/mol. The lowest BCUT2D eigenvalue weighted by molar-refractivity contribution is 0.0473. The lowest BCUT2D eigenvalue weighted by Crippen LogP contribution is -2.05. The second kappa shape index (κ2) is 9.20. The number of aromatic nitrogens is 2. The molecule has 5 nitrogen and oxygen atoms in total. The van der Waals surface area contributed by atoms with Crippen LogP contribution >= 0.6 is 0 Å². The zero-order chi connectivity index (χ0) is 20.8. The normalized spacial score (nSPS) is 10.7. The molecule has 0 aliphatic carbocycles. The molecule has 0 saturated heterocycles. The molecule has 0 radical (unpaired) electrons. The molecule has 0 N–H and O–H groups in total. The van der Waals surface area contributed by atoms with Gasteiger partial charge in [-0.3, -0.25) is 0 Å². The number of esters is 1. The third kappa shape index (κ3) is 4.47. The molecule has 0 saturated carbocycles. The van der Waals surface area contributed by atoms with Crippen molar-refractivity contribution < 1.29 is 14.3 Å². The highest BCUT2D eigenvalue weighted by Gasteiger charge is 2.15. The molecular weight excluding hydrogens is 376 g/mol. The van der Waals surface area contributed by atoms with Crippen LogP contribution in [0, 0.1) is 0 Å². The lowest BCUT2D eigenvalue weighted by atomic mass is 10.1. The van der Waals surface area contributed by atoms with Crippen LogP contribution in [0.1, 0.15) is 21.5 Å². The number of ether oxygens (including phenoxy) is 2. The van der Waals surface area contributed by atoms with Crippen LogP contribution in [-0.2, 0) is 22.7 Å². The Labute approximate surface area is 175 Å². The fourth-order valence-corrected chi connectivity index (χ4v) is 3.20. The van der Waals surface area contributed by atoms with E-state index in [1.807, 2.05) is 83.7 Å². The summed E-state index contributed by atoms with van der Waals surface area (Å²) in [6.45, 7) is 0.643. The van der Waals surface area contributed by atoms with Gasteiger partial charge in [0.25, 0.3) is 0 Å². The molecule has 0 aliphatic rings. The minimum atomic E-state index is -0.370. The smallest absolute Gasteiger partial charge is 0.338 e. The Balaban J connectivity index is 1.56. The first-order chi connectivity index (χ1) is 14.7. The van der Waals surface area contributed by atoms with Crippen molar-refractivity contribution in [2.45, 2.75) is 13.2 Å². The van der Waals surface area contributed by atoms with E-state index >= 15 is 0 Å². The summed E-state index contributed by atoms with van der Waals surface area (Å²) in [7, 11) is 1.64. The first kappa shape index (κ1) is 19.6. The Morgan fingerprint density at radius 3 is 2.20 bits per heavy atom. The van der Waals surface area contributed by atoms with E-state index < -0.39 is 0 Å². The van der Waals surface area contributed by atoms with Crippen molar-refractivity contribution in [3.05, 3.63) is 108 Å². The predicted molar refractivity (Wildman–Crippen MR) is 115 cm³/mol. The number of rotatable bonds is 7. The number of hydrogen-bond donors (Lipinski definition) is 0. The van der Waals surface area contributed by atoms with Gasteiger partial charge in [0.1, 0.15) is 6.61 Å². The molecule has 30 heavy (non-hydrogen) atoms. The Bertz CT molecular complexity index is 1100. The molecule has 0 amide bonds. The third-order valence-electron chi connectivity index (χ3n) is 4.72. The number of nitrogens with zero attached hydrogens (tertiary/aromatic N) is 2. The number of carbonyl (C=O) groups is 1. The Morgan fingerprint density at radius 2 is 1.53 bits per heavy atom. The number of methoxy groups -OCH3 is 1. The van der Waals surface area contributed by atoms with Crippen LogP contribution in [0.25, 0.3) is 16.9 Å². The molecule has 0 unspecified atom stereocenters. The molecule has 0 atom stereocenters. The van der Waals surface area contributed by atoms with E-state index in [0.29, 0.717) is 12.2 Å². The molecule has 4 aromatic rings. The average Bonchev–Trinajstić information content (AvgIpc) is 3.24. The SMILES string of the molecule is COCc1ccc(C(=O)OCc2cn(-c3ccccc3)nc2-c2ccccc2)cc1. The maximum absolute atomic E-state index is 12.5. The Morgan fingerprint density at radius 1 is 0.867 bits per heavy atom. The standard InChI is InChI=1S/C25H22N2O3/c1-29-17-19-12-14-21(15-13-19)25(28)30-18-22-16-27(23-10-6-3-7-11-23)26-24(22)20-8-4-2-5-9-20/h2-16H,17-18H2,1H3. The van der Waals surface area contributed by atoms with Crippen LogP contribution in [0.2, 0.25) is 0 Å². The summed E-state index contributed by atoms with van der Waals surface area (Å²) in [5.41, 5.74) is 5.07. The van der Waals surface area contributed by atoms with Crippen molar-refractivity contribution in [2.24, 2.45) is 0 Å². The molecule has 0 spiro atoms. The van der Waals surface area contributed by atoms with E-state index in [1.165, 1.54) is 0 Å². The van der Waals surface area contributed by atoms with Crippen LogP contribution < -0.4 is 0 Å². The van der Waals surface area contributed by atoms with Gasteiger partial charge in [0, 0.05) is 24.4 Å². The fourth-order valence-electron chi connectivity index (χ4n) is 3.20. The van der Waals surface area contributed by atoms with E-state index in [9.17, 15) is 4.79 Å². The van der Waals surface area contributed by atoms with Gasteiger partial charge in [0.2, 0.25) is 0 Å². The highest BCUT2D eigenvalue weighted by Crippen LogP contribution is 2.24. The summed E-state index contributed by atoms with van der Waals surface area (Å²) in [5.74, 6) is -0.370. The van der Waals surface area contributed by atoms with Crippen LogP contribution in [-0.4, -0.2) is 22.9 Å². The topological polar surface area (TPSA) is 53.4 Å². The summed E-state index contributed by atoms with van der Waals surface area (Å²) in [6, 6.07) is 27.0.